The highest BCUT2D eigenvalue weighted by molar-refractivity contribution is 6.32. The van der Waals surface area contributed by atoms with Gasteiger partial charge >= 0.3 is 5.97 Å². The molecule has 0 amide bonds. The third kappa shape index (κ3) is 4.66. The van der Waals surface area contributed by atoms with Crippen LogP contribution in [0, 0.1) is 5.82 Å². The minimum Gasteiger partial charge on any atom is -0.451 e. The number of rotatable bonds is 5. The van der Waals surface area contributed by atoms with Crippen LogP contribution in [0.1, 0.15) is 22.8 Å². The van der Waals surface area contributed by atoms with Crippen LogP contribution < -0.4 is 0 Å². The van der Waals surface area contributed by atoms with Crippen LogP contribution in [0.5, 0.6) is 0 Å². The van der Waals surface area contributed by atoms with Gasteiger partial charge in [-0.2, -0.15) is 0 Å². The number of hydrogen-bond donors (Lipinski definition) is 0. The first-order valence-corrected chi connectivity index (χ1v) is 7.76. The normalized spacial score (nSPS) is 12.2. The zero-order valence-corrected chi connectivity index (χ0v) is 14.1. The van der Waals surface area contributed by atoms with Crippen LogP contribution in [0.25, 0.3) is 6.08 Å². The molecule has 0 aliphatic carbocycles. The molecule has 0 aliphatic rings. The van der Waals surface area contributed by atoms with Crippen molar-refractivity contribution in [3.05, 3.63) is 75.5 Å². The van der Waals surface area contributed by atoms with Crippen LogP contribution in [0.3, 0.4) is 0 Å². The number of Topliss-reactive ketones (excluding diaryl/α,β-unsaturated/α-hetero) is 1. The van der Waals surface area contributed by atoms with E-state index in [0.717, 1.165) is 6.08 Å². The van der Waals surface area contributed by atoms with Crippen molar-refractivity contribution in [2.75, 3.05) is 0 Å². The number of benzene rings is 2. The first kappa shape index (κ1) is 18.2. The van der Waals surface area contributed by atoms with Crippen molar-refractivity contribution >= 4 is 41.0 Å². The Hall–Kier alpha value is -2.17. The van der Waals surface area contributed by atoms with Gasteiger partial charge in [0.1, 0.15) is 5.82 Å². The third-order valence-electron chi connectivity index (χ3n) is 3.18. The molecule has 2 aromatic rings. The second kappa shape index (κ2) is 8.08. The van der Waals surface area contributed by atoms with Crippen molar-refractivity contribution in [2.24, 2.45) is 0 Å². The average molecular weight is 367 g/mol. The molecule has 0 aromatic heterocycles. The lowest BCUT2D eigenvalue weighted by atomic mass is 10.1. The number of ketones is 1. The zero-order valence-electron chi connectivity index (χ0n) is 12.6. The fraction of sp³-hybridized carbons (Fsp3) is 0.111. The highest BCUT2D eigenvalue weighted by Gasteiger charge is 2.18. The van der Waals surface area contributed by atoms with E-state index >= 15 is 0 Å². The van der Waals surface area contributed by atoms with Gasteiger partial charge in [0.15, 0.2) is 6.10 Å². The lowest BCUT2D eigenvalue weighted by Gasteiger charge is -2.11. The van der Waals surface area contributed by atoms with Gasteiger partial charge in [0.05, 0.1) is 5.02 Å². The topological polar surface area (TPSA) is 43.4 Å². The van der Waals surface area contributed by atoms with Gasteiger partial charge in [0, 0.05) is 22.2 Å². The average Bonchev–Trinajstić information content (AvgIpc) is 2.54. The molecule has 0 fully saturated rings. The molecule has 0 N–H and O–H groups in total. The molecule has 6 heteroatoms. The molecule has 3 nitrogen and oxygen atoms in total. The number of carbonyl (C=O) groups excluding carboxylic acids is 2. The molecule has 2 rings (SSSR count). The minimum atomic E-state index is -0.987. The molecule has 0 aliphatic heterocycles. The molecular weight excluding hydrogens is 354 g/mol. The molecule has 0 heterocycles. The maximum Gasteiger partial charge on any atom is 0.331 e. The van der Waals surface area contributed by atoms with Crippen molar-refractivity contribution in [3.63, 3.8) is 0 Å². The Morgan fingerprint density at radius 3 is 2.42 bits per heavy atom. The van der Waals surface area contributed by atoms with Gasteiger partial charge < -0.3 is 4.74 Å². The summed E-state index contributed by atoms with van der Waals surface area (Å²) in [6, 6.07) is 10.4. The highest BCUT2D eigenvalue weighted by atomic mass is 35.5. The summed E-state index contributed by atoms with van der Waals surface area (Å²) in [5, 5.41) is 0.672. The van der Waals surface area contributed by atoms with E-state index in [-0.39, 0.29) is 16.4 Å². The van der Waals surface area contributed by atoms with Gasteiger partial charge in [0.25, 0.3) is 0 Å². The second-order valence-corrected chi connectivity index (χ2v) is 5.76. The Morgan fingerprint density at radius 1 is 1.12 bits per heavy atom. The Morgan fingerprint density at radius 2 is 1.79 bits per heavy atom. The molecular formula is C18H13Cl2FO3. The standard InChI is InChI=1S/C18H13Cl2FO3/c1-11(18(23)12-5-7-13(19)8-6-12)24-17(22)10-9-14-15(20)3-2-4-16(14)21/h2-11H,1H3/b10-9+/t11-/m1/s1. The summed E-state index contributed by atoms with van der Waals surface area (Å²) in [5.41, 5.74) is 0.452. The van der Waals surface area contributed by atoms with Crippen LogP contribution >= 0.6 is 23.2 Å². The summed E-state index contributed by atoms with van der Waals surface area (Å²) < 4.78 is 18.6. The number of carbonyl (C=O) groups is 2. The Kier molecular flexibility index (Phi) is 6.12. The first-order chi connectivity index (χ1) is 11.4. The maximum absolute atomic E-state index is 13.6. The van der Waals surface area contributed by atoms with Crippen molar-refractivity contribution in [1.29, 1.82) is 0 Å². The fourth-order valence-electron chi connectivity index (χ4n) is 1.94. The molecule has 0 radical (unpaired) electrons. The first-order valence-electron chi connectivity index (χ1n) is 7.01. The zero-order chi connectivity index (χ0) is 17.7. The molecule has 0 spiro atoms. The van der Waals surface area contributed by atoms with E-state index in [9.17, 15) is 14.0 Å². The SMILES string of the molecule is C[C@@H](OC(=O)/C=C/c1c(F)cccc1Cl)C(=O)c1ccc(Cl)cc1. The molecule has 1 atom stereocenters. The Balaban J connectivity index is 2.02. The number of halogens is 3. The maximum atomic E-state index is 13.6. The summed E-state index contributed by atoms with van der Waals surface area (Å²) in [4.78, 5) is 23.9. The molecule has 24 heavy (non-hydrogen) atoms. The summed E-state index contributed by atoms with van der Waals surface area (Å²) >= 11 is 11.6. The van der Waals surface area contributed by atoms with E-state index in [1.54, 1.807) is 24.3 Å². The Bertz CT molecular complexity index is 765. The largest absolute Gasteiger partial charge is 0.451 e. The van der Waals surface area contributed by atoms with E-state index in [1.807, 2.05) is 0 Å². The van der Waals surface area contributed by atoms with E-state index in [0.29, 0.717) is 10.6 Å². The molecule has 124 valence electrons. The monoisotopic (exact) mass is 366 g/mol. The third-order valence-corrected chi connectivity index (χ3v) is 3.76. The summed E-state index contributed by atoms with van der Waals surface area (Å²) in [7, 11) is 0. The van der Waals surface area contributed by atoms with Crippen molar-refractivity contribution in [3.8, 4) is 0 Å². The van der Waals surface area contributed by atoms with Gasteiger partial charge in [-0.1, -0.05) is 29.3 Å². The number of hydrogen-bond acceptors (Lipinski definition) is 3. The van der Waals surface area contributed by atoms with Gasteiger partial charge in [-0.25, -0.2) is 9.18 Å². The fourth-order valence-corrected chi connectivity index (χ4v) is 2.29. The van der Waals surface area contributed by atoms with E-state index in [2.05, 4.69) is 0 Å². The smallest absolute Gasteiger partial charge is 0.331 e. The van der Waals surface area contributed by atoms with Crippen LogP contribution in [0.4, 0.5) is 4.39 Å². The highest BCUT2D eigenvalue weighted by Crippen LogP contribution is 2.20. The summed E-state index contributed by atoms with van der Waals surface area (Å²) in [6.45, 7) is 1.46. The van der Waals surface area contributed by atoms with E-state index in [4.69, 9.17) is 27.9 Å². The van der Waals surface area contributed by atoms with Gasteiger partial charge in [-0.15, -0.1) is 0 Å². The molecule has 0 bridgehead atoms. The molecule has 0 saturated carbocycles. The van der Waals surface area contributed by atoms with Gasteiger partial charge in [-0.05, 0) is 49.4 Å². The summed E-state index contributed by atoms with van der Waals surface area (Å²) in [5.74, 6) is -1.70. The lowest BCUT2D eigenvalue weighted by molar-refractivity contribution is -0.140. The molecule has 0 unspecified atom stereocenters. The van der Waals surface area contributed by atoms with Crippen molar-refractivity contribution in [1.82, 2.24) is 0 Å². The lowest BCUT2D eigenvalue weighted by Crippen LogP contribution is -2.23. The second-order valence-electron chi connectivity index (χ2n) is 4.92. The predicted molar refractivity (Wildman–Crippen MR) is 91.8 cm³/mol. The Labute approximate surface area is 148 Å². The number of esters is 1. The van der Waals surface area contributed by atoms with Gasteiger partial charge in [-0.3, -0.25) is 4.79 Å². The van der Waals surface area contributed by atoms with Crippen LogP contribution in [0.2, 0.25) is 10.0 Å². The van der Waals surface area contributed by atoms with Crippen LogP contribution in [0.15, 0.2) is 48.5 Å². The minimum absolute atomic E-state index is 0.0767. The molecule has 2 aromatic carbocycles. The van der Waals surface area contributed by atoms with Crippen LogP contribution in [-0.2, 0) is 9.53 Å². The quantitative estimate of drug-likeness (QED) is 0.426. The van der Waals surface area contributed by atoms with Crippen LogP contribution in [-0.4, -0.2) is 17.9 Å². The van der Waals surface area contributed by atoms with Crippen molar-refractivity contribution in [2.45, 2.75) is 13.0 Å². The molecule has 0 saturated heterocycles. The van der Waals surface area contributed by atoms with E-state index < -0.39 is 17.9 Å². The van der Waals surface area contributed by atoms with E-state index in [1.165, 1.54) is 31.2 Å². The predicted octanol–water partition coefficient (Wildman–Crippen LogP) is 4.96. The number of ether oxygens (including phenoxy) is 1. The van der Waals surface area contributed by atoms with Gasteiger partial charge in [0.2, 0.25) is 5.78 Å². The summed E-state index contributed by atoms with van der Waals surface area (Å²) in [6.07, 6.45) is 1.24. The van der Waals surface area contributed by atoms with Crippen molar-refractivity contribution < 1.29 is 18.7 Å².